The first-order chi connectivity index (χ1) is 10.6. The lowest BCUT2D eigenvalue weighted by atomic mass is 10.2. The molecule has 1 aliphatic heterocycles. The van der Waals surface area contributed by atoms with Gasteiger partial charge in [0, 0.05) is 13.1 Å². The number of nitrogens with zero attached hydrogens (tertiary/aromatic N) is 5. The van der Waals surface area contributed by atoms with Crippen LogP contribution in [-0.4, -0.2) is 39.4 Å². The Kier molecular flexibility index (Phi) is 3.50. The number of rotatable bonds is 3. The summed E-state index contributed by atoms with van der Waals surface area (Å²) in [7, 11) is 1.32. The zero-order chi connectivity index (χ0) is 15.7. The molecule has 114 valence electrons. The highest BCUT2D eigenvalue weighted by atomic mass is 16.5. The van der Waals surface area contributed by atoms with E-state index in [-0.39, 0.29) is 0 Å². The summed E-state index contributed by atoms with van der Waals surface area (Å²) in [6.07, 6.45) is 3.15. The Balaban J connectivity index is 1.90. The Labute approximate surface area is 127 Å². The molecule has 0 aromatic carbocycles. The topological polar surface area (TPSA) is 99.2 Å². The van der Waals surface area contributed by atoms with Crippen LogP contribution in [0.15, 0.2) is 18.8 Å². The molecule has 2 N–H and O–H groups in total. The number of anilines is 2. The van der Waals surface area contributed by atoms with Crippen LogP contribution in [0.5, 0.6) is 0 Å². The van der Waals surface area contributed by atoms with E-state index in [1.807, 2.05) is 9.47 Å². The summed E-state index contributed by atoms with van der Waals surface area (Å²) in [5, 5.41) is 8.22. The Hall–Kier alpha value is -2.90. The third-order valence-electron chi connectivity index (χ3n) is 3.61. The van der Waals surface area contributed by atoms with Crippen molar-refractivity contribution in [1.82, 2.24) is 19.7 Å². The van der Waals surface area contributed by atoms with Gasteiger partial charge in [-0.05, 0) is 12.1 Å². The first-order valence-corrected chi connectivity index (χ1v) is 6.77. The van der Waals surface area contributed by atoms with Gasteiger partial charge in [0.2, 0.25) is 0 Å². The van der Waals surface area contributed by atoms with Gasteiger partial charge in [-0.1, -0.05) is 6.58 Å². The highest BCUT2D eigenvalue weighted by molar-refractivity contribution is 5.95. The Morgan fingerprint density at radius 1 is 1.45 bits per heavy atom. The zero-order valence-electron chi connectivity index (χ0n) is 12.2. The summed E-state index contributed by atoms with van der Waals surface area (Å²) in [5.74, 6) is 1.77. The van der Waals surface area contributed by atoms with E-state index in [4.69, 9.17) is 10.5 Å². The van der Waals surface area contributed by atoms with Crippen molar-refractivity contribution in [3.8, 4) is 0 Å². The van der Waals surface area contributed by atoms with Gasteiger partial charge >= 0.3 is 5.97 Å². The second kappa shape index (κ2) is 5.47. The quantitative estimate of drug-likeness (QED) is 0.833. The predicted octanol–water partition coefficient (Wildman–Crippen LogP) is 0.705. The number of nitrogen functional groups attached to an aromatic ring is 1. The van der Waals surface area contributed by atoms with E-state index in [2.05, 4.69) is 21.8 Å². The second-order valence-corrected chi connectivity index (χ2v) is 4.87. The van der Waals surface area contributed by atoms with E-state index in [0.29, 0.717) is 23.6 Å². The summed E-state index contributed by atoms with van der Waals surface area (Å²) in [6, 6.07) is 1.64. The van der Waals surface area contributed by atoms with Gasteiger partial charge in [0.1, 0.15) is 5.82 Å². The standard InChI is InChI=1S/C14H16N6O2/c1-3-11-17-18-13-8-19(4-5-20(11)13)12-6-9(14(21)22-2)10(15)7-16-12/h3,6-7H,1,4-5,8,15H2,2H3. The maximum Gasteiger partial charge on any atom is 0.340 e. The number of carbonyl (C=O) groups excluding carboxylic acids is 1. The molecule has 0 aliphatic carbocycles. The highest BCUT2D eigenvalue weighted by Crippen LogP contribution is 2.23. The van der Waals surface area contributed by atoms with Gasteiger partial charge in [0.25, 0.3) is 0 Å². The van der Waals surface area contributed by atoms with Crippen LogP contribution in [0.1, 0.15) is 22.0 Å². The number of methoxy groups -OCH3 is 1. The van der Waals surface area contributed by atoms with Crippen molar-refractivity contribution < 1.29 is 9.53 Å². The third kappa shape index (κ3) is 2.28. The lowest BCUT2D eigenvalue weighted by Crippen LogP contribution is -2.34. The van der Waals surface area contributed by atoms with Crippen molar-refractivity contribution in [3.05, 3.63) is 36.1 Å². The lowest BCUT2D eigenvalue weighted by Gasteiger charge is -2.28. The van der Waals surface area contributed by atoms with Gasteiger partial charge in [-0.2, -0.15) is 0 Å². The molecular formula is C14H16N6O2. The molecule has 0 saturated heterocycles. The largest absolute Gasteiger partial charge is 0.465 e. The smallest absolute Gasteiger partial charge is 0.340 e. The van der Waals surface area contributed by atoms with Gasteiger partial charge in [-0.3, -0.25) is 0 Å². The monoisotopic (exact) mass is 300 g/mol. The fraction of sp³-hybridized carbons (Fsp3) is 0.286. The summed E-state index contributed by atoms with van der Waals surface area (Å²) in [5.41, 5.74) is 6.38. The third-order valence-corrected chi connectivity index (χ3v) is 3.61. The first kappa shape index (κ1) is 14.1. The average molecular weight is 300 g/mol. The minimum Gasteiger partial charge on any atom is -0.465 e. The number of pyridine rings is 1. The highest BCUT2D eigenvalue weighted by Gasteiger charge is 2.22. The van der Waals surface area contributed by atoms with Gasteiger partial charge < -0.3 is 19.9 Å². The van der Waals surface area contributed by atoms with Crippen molar-refractivity contribution in [2.45, 2.75) is 13.1 Å². The Morgan fingerprint density at radius 3 is 3.00 bits per heavy atom. The van der Waals surface area contributed by atoms with E-state index in [9.17, 15) is 4.79 Å². The number of hydrogen-bond donors (Lipinski definition) is 1. The molecule has 2 aromatic rings. The normalized spacial score (nSPS) is 13.6. The molecule has 22 heavy (non-hydrogen) atoms. The van der Waals surface area contributed by atoms with Gasteiger partial charge in [-0.25, -0.2) is 9.78 Å². The van der Waals surface area contributed by atoms with E-state index in [0.717, 1.165) is 24.7 Å². The van der Waals surface area contributed by atoms with Crippen LogP contribution in [0, 0.1) is 0 Å². The van der Waals surface area contributed by atoms with Crippen LogP contribution >= 0.6 is 0 Å². The number of esters is 1. The first-order valence-electron chi connectivity index (χ1n) is 6.77. The van der Waals surface area contributed by atoms with E-state index in [1.165, 1.54) is 13.3 Å². The predicted molar refractivity (Wildman–Crippen MR) is 81.2 cm³/mol. The van der Waals surface area contributed by atoms with Crippen LogP contribution in [0.4, 0.5) is 11.5 Å². The summed E-state index contributed by atoms with van der Waals surface area (Å²) >= 11 is 0. The number of ether oxygens (including phenoxy) is 1. The molecule has 0 amide bonds. The van der Waals surface area contributed by atoms with Gasteiger partial charge in [-0.15, -0.1) is 10.2 Å². The molecule has 0 atom stereocenters. The van der Waals surface area contributed by atoms with Crippen LogP contribution in [0.2, 0.25) is 0 Å². The number of fused-ring (bicyclic) bond motifs is 1. The van der Waals surface area contributed by atoms with Crippen LogP contribution < -0.4 is 10.6 Å². The molecule has 0 radical (unpaired) electrons. The molecule has 2 aromatic heterocycles. The molecule has 0 spiro atoms. The van der Waals surface area contributed by atoms with Gasteiger partial charge in [0.15, 0.2) is 11.6 Å². The van der Waals surface area contributed by atoms with Crippen molar-refractivity contribution >= 4 is 23.6 Å². The summed E-state index contributed by atoms with van der Waals surface area (Å²) < 4.78 is 6.75. The van der Waals surface area contributed by atoms with Gasteiger partial charge in [0.05, 0.1) is 31.1 Å². The number of nitrogens with two attached hydrogens (primary N) is 1. The fourth-order valence-electron chi connectivity index (χ4n) is 2.44. The maximum atomic E-state index is 11.7. The number of aromatic nitrogens is 4. The Bertz CT molecular complexity index is 739. The van der Waals surface area contributed by atoms with E-state index in [1.54, 1.807) is 12.1 Å². The fourth-order valence-corrected chi connectivity index (χ4v) is 2.44. The summed E-state index contributed by atoms with van der Waals surface area (Å²) in [4.78, 5) is 18.0. The number of carbonyl (C=O) groups is 1. The molecule has 0 fully saturated rings. The van der Waals surface area contributed by atoms with Crippen molar-refractivity contribution in [2.24, 2.45) is 0 Å². The van der Waals surface area contributed by atoms with Crippen LogP contribution in [-0.2, 0) is 17.8 Å². The SMILES string of the molecule is C=Cc1nnc2n1CCN(c1cc(C(=O)OC)c(N)cn1)C2. The lowest BCUT2D eigenvalue weighted by molar-refractivity contribution is 0.0602. The van der Waals surface area contributed by atoms with Crippen molar-refractivity contribution in [3.63, 3.8) is 0 Å². The van der Waals surface area contributed by atoms with E-state index < -0.39 is 5.97 Å². The molecule has 8 heteroatoms. The Morgan fingerprint density at radius 2 is 2.27 bits per heavy atom. The minimum atomic E-state index is -0.477. The average Bonchev–Trinajstić information content (AvgIpc) is 2.96. The minimum absolute atomic E-state index is 0.296. The molecule has 0 unspecified atom stereocenters. The molecule has 0 bridgehead atoms. The second-order valence-electron chi connectivity index (χ2n) is 4.87. The number of hydrogen-bond acceptors (Lipinski definition) is 7. The molecular weight excluding hydrogens is 284 g/mol. The maximum absolute atomic E-state index is 11.7. The van der Waals surface area contributed by atoms with Crippen LogP contribution in [0.3, 0.4) is 0 Å². The molecule has 0 saturated carbocycles. The molecule has 1 aliphatic rings. The molecule has 3 rings (SSSR count). The zero-order valence-corrected chi connectivity index (χ0v) is 12.2. The summed E-state index contributed by atoms with van der Waals surface area (Å²) in [6.45, 7) is 5.73. The van der Waals surface area contributed by atoms with Crippen molar-refractivity contribution in [1.29, 1.82) is 0 Å². The van der Waals surface area contributed by atoms with E-state index >= 15 is 0 Å². The van der Waals surface area contributed by atoms with Crippen LogP contribution in [0.25, 0.3) is 6.08 Å². The van der Waals surface area contributed by atoms with Crippen molar-refractivity contribution in [2.75, 3.05) is 24.3 Å². The molecule has 8 nitrogen and oxygen atoms in total. The molecule has 3 heterocycles.